The lowest BCUT2D eigenvalue weighted by atomic mass is 10.0. The minimum Gasteiger partial charge on any atom is -0.481 e. The van der Waals surface area contributed by atoms with Gasteiger partial charge in [0.25, 0.3) is 0 Å². The highest BCUT2D eigenvalue weighted by Crippen LogP contribution is 2.41. The first-order valence-electron chi connectivity index (χ1n) is 18.2. The first-order valence-corrected chi connectivity index (χ1v) is 19.0. The third kappa shape index (κ3) is 10.6. The Morgan fingerprint density at radius 3 is 2.36 bits per heavy atom. The number of carbonyl (C=O) groups excluding carboxylic acids is 3. The summed E-state index contributed by atoms with van der Waals surface area (Å²) in [6.07, 6.45) is 3.56. The van der Waals surface area contributed by atoms with Crippen LogP contribution >= 0.6 is 23.2 Å². The Balaban J connectivity index is 1.37. The fourth-order valence-electron chi connectivity index (χ4n) is 6.28. The van der Waals surface area contributed by atoms with E-state index in [0.29, 0.717) is 84.7 Å². The predicted molar refractivity (Wildman–Crippen MR) is 214 cm³/mol. The molecule has 16 heteroatoms. The second-order valence-corrected chi connectivity index (χ2v) is 15.1. The molecule has 298 valence electrons. The SMILES string of the molecule is COc1nc(-c2ccnc(-c3cccc(Nc4nccc(CN(C(=O)OC(C)(C)C)C5CCN(C(C)=O)CC5)c4F)c3Cl)c2Cl)ccc1CNCCNC(C)=O. The van der Waals surface area contributed by atoms with Gasteiger partial charge in [0, 0.05) is 87.3 Å². The van der Waals surface area contributed by atoms with E-state index in [-0.39, 0.29) is 40.8 Å². The fourth-order valence-corrected chi connectivity index (χ4v) is 6.85. The number of aromatic nitrogens is 3. The van der Waals surface area contributed by atoms with E-state index in [4.69, 9.17) is 37.7 Å². The van der Waals surface area contributed by atoms with Crippen molar-refractivity contribution < 1.29 is 28.2 Å². The van der Waals surface area contributed by atoms with Crippen LogP contribution in [-0.2, 0) is 27.4 Å². The van der Waals surface area contributed by atoms with Gasteiger partial charge >= 0.3 is 6.09 Å². The third-order valence-electron chi connectivity index (χ3n) is 9.08. The zero-order chi connectivity index (χ0) is 40.6. The summed E-state index contributed by atoms with van der Waals surface area (Å²) in [5.41, 5.74) is 2.65. The van der Waals surface area contributed by atoms with E-state index in [1.165, 1.54) is 38.1 Å². The average Bonchev–Trinajstić information content (AvgIpc) is 3.15. The van der Waals surface area contributed by atoms with Gasteiger partial charge in [0.15, 0.2) is 11.6 Å². The van der Waals surface area contributed by atoms with Crippen LogP contribution in [0.1, 0.15) is 58.6 Å². The summed E-state index contributed by atoms with van der Waals surface area (Å²) in [5, 5.41) is 9.54. The molecule has 1 saturated heterocycles. The maximum absolute atomic E-state index is 16.3. The summed E-state index contributed by atoms with van der Waals surface area (Å²) < 4.78 is 27.6. The number of piperidine rings is 1. The molecule has 1 fully saturated rings. The Hall–Kier alpha value is -5.05. The van der Waals surface area contributed by atoms with Crippen LogP contribution in [0.25, 0.3) is 22.5 Å². The van der Waals surface area contributed by atoms with E-state index in [0.717, 1.165) is 5.56 Å². The number of nitrogens with zero attached hydrogens (tertiary/aromatic N) is 5. The molecule has 4 heterocycles. The molecule has 0 saturated carbocycles. The number of benzene rings is 1. The van der Waals surface area contributed by atoms with Crippen LogP contribution in [-0.4, -0.2) is 87.6 Å². The lowest BCUT2D eigenvalue weighted by Crippen LogP contribution is -2.49. The maximum atomic E-state index is 16.3. The topological polar surface area (TPSA) is 151 Å². The summed E-state index contributed by atoms with van der Waals surface area (Å²) in [5.74, 6) is -0.455. The Kier molecular flexibility index (Phi) is 14.1. The number of pyridine rings is 3. The highest BCUT2D eigenvalue weighted by Gasteiger charge is 2.33. The predicted octanol–water partition coefficient (Wildman–Crippen LogP) is 7.38. The van der Waals surface area contributed by atoms with Crippen molar-refractivity contribution in [3.8, 4) is 28.4 Å². The van der Waals surface area contributed by atoms with E-state index >= 15 is 4.39 Å². The number of likely N-dealkylation sites (tertiary alicyclic amines) is 1. The first-order chi connectivity index (χ1) is 26.7. The van der Waals surface area contributed by atoms with Gasteiger partial charge in [-0.05, 0) is 57.9 Å². The Morgan fingerprint density at radius 2 is 1.68 bits per heavy atom. The van der Waals surface area contributed by atoms with Gasteiger partial charge in [-0.25, -0.2) is 19.2 Å². The van der Waals surface area contributed by atoms with Gasteiger partial charge in [-0.2, -0.15) is 0 Å². The molecule has 1 aromatic carbocycles. The number of halogens is 3. The zero-order valence-corrected chi connectivity index (χ0v) is 33.9. The summed E-state index contributed by atoms with van der Waals surface area (Å²) in [6, 6.07) is 11.9. The largest absolute Gasteiger partial charge is 0.481 e. The summed E-state index contributed by atoms with van der Waals surface area (Å²) in [6.45, 7) is 10.8. The first kappa shape index (κ1) is 42.1. The molecule has 0 aliphatic carbocycles. The molecule has 4 aromatic rings. The van der Waals surface area contributed by atoms with E-state index < -0.39 is 17.5 Å². The Labute approximate surface area is 336 Å². The van der Waals surface area contributed by atoms with Crippen LogP contribution in [0.3, 0.4) is 0 Å². The van der Waals surface area contributed by atoms with Crippen molar-refractivity contribution in [3.63, 3.8) is 0 Å². The number of amides is 3. The smallest absolute Gasteiger partial charge is 0.410 e. The Morgan fingerprint density at radius 1 is 0.946 bits per heavy atom. The molecular weight excluding hydrogens is 762 g/mol. The number of anilines is 2. The van der Waals surface area contributed by atoms with E-state index in [1.54, 1.807) is 56.1 Å². The highest BCUT2D eigenvalue weighted by molar-refractivity contribution is 6.39. The fraction of sp³-hybridized carbons (Fsp3) is 0.400. The summed E-state index contributed by atoms with van der Waals surface area (Å²) in [4.78, 5) is 53.3. The summed E-state index contributed by atoms with van der Waals surface area (Å²) in [7, 11) is 1.54. The lowest BCUT2D eigenvalue weighted by Gasteiger charge is -2.39. The number of rotatable bonds is 13. The number of hydrogen-bond acceptors (Lipinski definition) is 10. The number of nitrogens with one attached hydrogen (secondary N) is 3. The molecule has 3 aromatic heterocycles. The van der Waals surface area contributed by atoms with Gasteiger partial charge in [-0.3, -0.25) is 14.6 Å². The van der Waals surface area contributed by atoms with Gasteiger partial charge in [0.1, 0.15) is 5.60 Å². The van der Waals surface area contributed by atoms with Crippen molar-refractivity contribution in [2.24, 2.45) is 0 Å². The molecule has 56 heavy (non-hydrogen) atoms. The molecule has 0 bridgehead atoms. The van der Waals surface area contributed by atoms with Gasteiger partial charge in [0.2, 0.25) is 17.7 Å². The molecule has 5 rings (SSSR count). The van der Waals surface area contributed by atoms with Crippen LogP contribution in [0.15, 0.2) is 54.9 Å². The van der Waals surface area contributed by atoms with Crippen molar-refractivity contribution in [1.82, 2.24) is 35.4 Å². The Bertz CT molecular complexity index is 2060. The number of methoxy groups -OCH3 is 1. The van der Waals surface area contributed by atoms with E-state index in [9.17, 15) is 14.4 Å². The standard InChI is InChI=1S/C40H47Cl2FN8O5/c1-24(52)45-19-18-44-22-26-10-11-31(49-38(26)55-6)29-13-17-46-36(34(29)42)30-8-7-9-32(33(30)41)48-37-35(43)27(12-16-47-37)23-51(39(54)56-40(3,4)5)28-14-20-50(21-15-28)25(2)53/h7-13,16-17,28,44H,14-15,18-23H2,1-6H3,(H,45,52)(H,47,48). The van der Waals surface area contributed by atoms with E-state index in [2.05, 4.69) is 25.9 Å². The van der Waals surface area contributed by atoms with Crippen molar-refractivity contribution in [2.75, 3.05) is 38.6 Å². The van der Waals surface area contributed by atoms with Crippen LogP contribution < -0.4 is 20.7 Å². The van der Waals surface area contributed by atoms with Crippen molar-refractivity contribution in [1.29, 1.82) is 0 Å². The quantitative estimate of drug-likeness (QED) is 0.117. The van der Waals surface area contributed by atoms with Crippen molar-refractivity contribution in [3.05, 3.63) is 81.8 Å². The molecule has 0 unspecified atom stereocenters. The second kappa shape index (κ2) is 18.7. The number of carbonyl (C=O) groups is 3. The molecule has 0 atom stereocenters. The van der Waals surface area contributed by atoms with Gasteiger partial charge in [-0.15, -0.1) is 0 Å². The average molecular weight is 810 g/mol. The van der Waals surface area contributed by atoms with Gasteiger partial charge < -0.3 is 35.2 Å². The molecule has 1 aliphatic heterocycles. The second-order valence-electron chi connectivity index (χ2n) is 14.3. The van der Waals surface area contributed by atoms with Crippen LogP contribution in [0, 0.1) is 5.82 Å². The molecule has 0 radical (unpaired) electrons. The monoisotopic (exact) mass is 808 g/mol. The van der Waals surface area contributed by atoms with Crippen LogP contribution in [0.2, 0.25) is 10.0 Å². The lowest BCUT2D eigenvalue weighted by molar-refractivity contribution is -0.130. The molecule has 0 spiro atoms. The van der Waals surface area contributed by atoms with Gasteiger partial charge in [-0.1, -0.05) is 41.4 Å². The molecular formula is C40H47Cl2FN8O5. The molecule has 3 N–H and O–H groups in total. The normalized spacial score (nSPS) is 13.3. The molecule has 13 nitrogen and oxygen atoms in total. The maximum Gasteiger partial charge on any atom is 0.410 e. The minimum atomic E-state index is -0.764. The van der Waals surface area contributed by atoms with E-state index in [1.807, 2.05) is 12.1 Å². The summed E-state index contributed by atoms with van der Waals surface area (Å²) >= 11 is 13.9. The minimum absolute atomic E-state index is 0.0264. The zero-order valence-electron chi connectivity index (χ0n) is 32.3. The van der Waals surface area contributed by atoms with Crippen LogP contribution in [0.4, 0.5) is 20.7 Å². The van der Waals surface area contributed by atoms with Crippen molar-refractivity contribution in [2.45, 2.75) is 72.2 Å². The highest BCUT2D eigenvalue weighted by atomic mass is 35.5. The number of ether oxygens (including phenoxy) is 2. The number of hydrogen-bond donors (Lipinski definition) is 3. The third-order valence-corrected chi connectivity index (χ3v) is 9.87. The van der Waals surface area contributed by atoms with Crippen molar-refractivity contribution >= 4 is 52.6 Å². The molecule has 1 aliphatic rings. The van der Waals surface area contributed by atoms with Gasteiger partial charge in [0.05, 0.1) is 40.8 Å². The molecule has 3 amide bonds. The van der Waals surface area contributed by atoms with Crippen LogP contribution in [0.5, 0.6) is 5.88 Å².